The van der Waals surface area contributed by atoms with Gasteiger partial charge in [0, 0.05) is 6.54 Å². The number of carboxylic acids is 1. The van der Waals surface area contributed by atoms with Crippen LogP contribution >= 0.6 is 0 Å². The first kappa shape index (κ1) is 15.5. The molecule has 1 heterocycles. The van der Waals surface area contributed by atoms with Crippen LogP contribution in [0.4, 0.5) is 0 Å². The van der Waals surface area contributed by atoms with E-state index in [9.17, 15) is 9.59 Å². The van der Waals surface area contributed by atoms with Crippen molar-refractivity contribution in [1.29, 1.82) is 0 Å². The van der Waals surface area contributed by atoms with Crippen molar-refractivity contribution in [3.05, 3.63) is 35.4 Å². The van der Waals surface area contributed by atoms with Gasteiger partial charge in [0.1, 0.15) is 0 Å². The zero-order valence-corrected chi connectivity index (χ0v) is 12.1. The van der Waals surface area contributed by atoms with Crippen LogP contribution in [-0.2, 0) is 11.2 Å². The third-order valence-electron chi connectivity index (χ3n) is 3.76. The normalized spacial score (nSPS) is 18.8. The van der Waals surface area contributed by atoms with Gasteiger partial charge in [0.2, 0.25) is 5.91 Å². The number of benzene rings is 1. The molecule has 5 heteroatoms. The predicted molar refractivity (Wildman–Crippen MR) is 80.4 cm³/mol. The second kappa shape index (κ2) is 7.78. The fourth-order valence-corrected chi connectivity index (χ4v) is 2.57. The topological polar surface area (TPSA) is 78.4 Å². The van der Waals surface area contributed by atoms with Crippen molar-refractivity contribution in [2.24, 2.45) is 0 Å². The number of carbonyl (C=O) groups is 2. The van der Waals surface area contributed by atoms with E-state index in [-0.39, 0.29) is 17.5 Å². The minimum absolute atomic E-state index is 0.0475. The highest BCUT2D eigenvalue weighted by molar-refractivity contribution is 5.87. The molecule has 2 rings (SSSR count). The van der Waals surface area contributed by atoms with Gasteiger partial charge < -0.3 is 15.7 Å². The van der Waals surface area contributed by atoms with Gasteiger partial charge in [-0.2, -0.15) is 0 Å². The zero-order chi connectivity index (χ0) is 15.1. The molecule has 0 bridgehead atoms. The fraction of sp³-hybridized carbons (Fsp3) is 0.500. The molecule has 1 aromatic carbocycles. The number of hydrogen-bond acceptors (Lipinski definition) is 3. The van der Waals surface area contributed by atoms with Crippen LogP contribution in [0.25, 0.3) is 0 Å². The Morgan fingerprint density at radius 1 is 1.29 bits per heavy atom. The maximum Gasteiger partial charge on any atom is 0.335 e. The number of carboxylic acid groups (broad SMARTS) is 1. The molecule has 5 nitrogen and oxygen atoms in total. The second-order valence-electron chi connectivity index (χ2n) is 5.40. The molecule has 1 aliphatic heterocycles. The molecular weight excluding hydrogens is 268 g/mol. The molecule has 1 unspecified atom stereocenters. The van der Waals surface area contributed by atoms with Crippen molar-refractivity contribution in [3.63, 3.8) is 0 Å². The van der Waals surface area contributed by atoms with E-state index in [2.05, 4.69) is 10.6 Å². The van der Waals surface area contributed by atoms with Crippen molar-refractivity contribution >= 4 is 11.9 Å². The summed E-state index contributed by atoms with van der Waals surface area (Å²) in [6.45, 7) is 1.43. The van der Waals surface area contributed by atoms with Crippen molar-refractivity contribution in [2.45, 2.75) is 38.1 Å². The third-order valence-corrected chi connectivity index (χ3v) is 3.76. The first-order valence-electron chi connectivity index (χ1n) is 7.50. The molecule has 1 aliphatic rings. The molecule has 1 saturated heterocycles. The van der Waals surface area contributed by atoms with Crippen LogP contribution in [0.1, 0.15) is 41.6 Å². The van der Waals surface area contributed by atoms with E-state index in [1.807, 2.05) is 6.07 Å². The Balaban J connectivity index is 1.79. The first-order chi connectivity index (χ1) is 10.2. The summed E-state index contributed by atoms with van der Waals surface area (Å²) < 4.78 is 0. The van der Waals surface area contributed by atoms with Gasteiger partial charge in [-0.25, -0.2) is 4.79 Å². The van der Waals surface area contributed by atoms with Gasteiger partial charge in [0.05, 0.1) is 11.6 Å². The van der Waals surface area contributed by atoms with Crippen molar-refractivity contribution in [2.75, 3.05) is 13.1 Å². The summed E-state index contributed by atoms with van der Waals surface area (Å²) in [6, 6.07) is 6.74. The lowest BCUT2D eigenvalue weighted by Crippen LogP contribution is -2.44. The fourth-order valence-electron chi connectivity index (χ4n) is 2.57. The molecule has 3 N–H and O–H groups in total. The van der Waals surface area contributed by atoms with Gasteiger partial charge in [-0.3, -0.25) is 4.79 Å². The highest BCUT2D eigenvalue weighted by Crippen LogP contribution is 2.09. The van der Waals surface area contributed by atoms with Crippen LogP contribution in [0, 0.1) is 0 Å². The summed E-state index contributed by atoms with van der Waals surface area (Å²) in [7, 11) is 0. The minimum Gasteiger partial charge on any atom is -0.478 e. The van der Waals surface area contributed by atoms with Gasteiger partial charge in [0.15, 0.2) is 0 Å². The lowest BCUT2D eigenvalue weighted by molar-refractivity contribution is -0.123. The lowest BCUT2D eigenvalue weighted by Gasteiger charge is -2.15. The molecule has 0 spiro atoms. The van der Waals surface area contributed by atoms with Crippen LogP contribution in [-0.4, -0.2) is 36.1 Å². The van der Waals surface area contributed by atoms with E-state index in [4.69, 9.17) is 5.11 Å². The Labute approximate surface area is 124 Å². The highest BCUT2D eigenvalue weighted by atomic mass is 16.4. The van der Waals surface area contributed by atoms with Gasteiger partial charge in [-0.15, -0.1) is 0 Å². The number of amides is 1. The summed E-state index contributed by atoms with van der Waals surface area (Å²) in [5.41, 5.74) is 1.20. The van der Waals surface area contributed by atoms with Crippen LogP contribution in [0.5, 0.6) is 0 Å². The summed E-state index contributed by atoms with van der Waals surface area (Å²) in [4.78, 5) is 22.9. The number of rotatable bonds is 5. The monoisotopic (exact) mass is 290 g/mol. The predicted octanol–water partition coefficient (Wildman–Crippen LogP) is 1.58. The Bertz CT molecular complexity index is 494. The number of carbonyl (C=O) groups excluding carboxylic acids is 1. The zero-order valence-electron chi connectivity index (χ0n) is 12.1. The first-order valence-corrected chi connectivity index (χ1v) is 7.50. The minimum atomic E-state index is -0.927. The Morgan fingerprint density at radius 3 is 2.95 bits per heavy atom. The number of nitrogens with one attached hydrogen (secondary N) is 2. The SMILES string of the molecule is O=C(O)c1cccc(CCNC(=O)C2CCCCCN2)c1. The van der Waals surface area contributed by atoms with E-state index < -0.39 is 5.97 Å². The molecule has 0 aromatic heterocycles. The lowest BCUT2D eigenvalue weighted by atomic mass is 10.1. The van der Waals surface area contributed by atoms with Gasteiger partial charge in [-0.05, 0) is 43.5 Å². The van der Waals surface area contributed by atoms with E-state index in [1.54, 1.807) is 18.2 Å². The van der Waals surface area contributed by atoms with E-state index in [1.165, 1.54) is 6.42 Å². The molecule has 1 fully saturated rings. The van der Waals surface area contributed by atoms with Crippen LogP contribution in [0.2, 0.25) is 0 Å². The Morgan fingerprint density at radius 2 is 2.14 bits per heavy atom. The van der Waals surface area contributed by atoms with E-state index in [0.717, 1.165) is 31.4 Å². The average Bonchev–Trinajstić information content (AvgIpc) is 2.76. The second-order valence-corrected chi connectivity index (χ2v) is 5.40. The van der Waals surface area contributed by atoms with E-state index in [0.29, 0.717) is 13.0 Å². The molecule has 21 heavy (non-hydrogen) atoms. The molecule has 114 valence electrons. The smallest absolute Gasteiger partial charge is 0.335 e. The number of aromatic carboxylic acids is 1. The van der Waals surface area contributed by atoms with Gasteiger partial charge in [-0.1, -0.05) is 25.0 Å². The quantitative estimate of drug-likeness (QED) is 0.769. The molecule has 1 aromatic rings. The maximum absolute atomic E-state index is 12.0. The van der Waals surface area contributed by atoms with Crippen LogP contribution in [0.3, 0.4) is 0 Å². The highest BCUT2D eigenvalue weighted by Gasteiger charge is 2.18. The van der Waals surface area contributed by atoms with Crippen LogP contribution in [0.15, 0.2) is 24.3 Å². The molecular formula is C16H22N2O3. The molecule has 0 radical (unpaired) electrons. The van der Waals surface area contributed by atoms with E-state index >= 15 is 0 Å². The largest absolute Gasteiger partial charge is 0.478 e. The summed E-state index contributed by atoms with van der Waals surface area (Å²) >= 11 is 0. The Kier molecular flexibility index (Phi) is 5.75. The van der Waals surface area contributed by atoms with Crippen LogP contribution < -0.4 is 10.6 Å². The molecule has 0 aliphatic carbocycles. The standard InChI is InChI=1S/C16H22N2O3/c19-15(14-7-2-1-3-9-17-14)18-10-8-12-5-4-6-13(11-12)16(20)21/h4-6,11,14,17H,1-3,7-10H2,(H,18,19)(H,20,21). The molecule has 1 amide bonds. The summed E-state index contributed by atoms with van der Waals surface area (Å²) in [5.74, 6) is -0.880. The van der Waals surface area contributed by atoms with Crippen molar-refractivity contribution < 1.29 is 14.7 Å². The van der Waals surface area contributed by atoms with Crippen molar-refractivity contribution in [3.8, 4) is 0 Å². The number of hydrogen-bond donors (Lipinski definition) is 3. The molecule has 1 atom stereocenters. The Hall–Kier alpha value is -1.88. The maximum atomic E-state index is 12.0. The summed E-state index contributed by atoms with van der Waals surface area (Å²) in [6.07, 6.45) is 4.93. The average molecular weight is 290 g/mol. The summed E-state index contributed by atoms with van der Waals surface area (Å²) in [5, 5.41) is 15.1. The van der Waals surface area contributed by atoms with Crippen molar-refractivity contribution in [1.82, 2.24) is 10.6 Å². The molecule has 0 saturated carbocycles. The van der Waals surface area contributed by atoms with Gasteiger partial charge >= 0.3 is 5.97 Å². The third kappa shape index (κ3) is 4.86. The van der Waals surface area contributed by atoms with Gasteiger partial charge in [0.25, 0.3) is 0 Å².